The van der Waals surface area contributed by atoms with E-state index >= 15 is 0 Å². The molecule has 0 saturated carbocycles. The highest BCUT2D eigenvalue weighted by Crippen LogP contribution is 2.39. The van der Waals surface area contributed by atoms with Crippen LogP contribution in [0.5, 0.6) is 5.75 Å². The number of aliphatic hydroxyl groups is 1. The summed E-state index contributed by atoms with van der Waals surface area (Å²) >= 11 is 24.2. The van der Waals surface area contributed by atoms with Crippen molar-refractivity contribution >= 4 is 52.4 Å². The standard InChI is InChI=1S/C15H10Cl4O4/c16-7-1-2-9(10(17)3-7)15(22)14-11(18)4-8(5-12(14)19)23-6-13(20)21/h1-5,15,22H,6H2,(H,20,21)/t15-/m0/s1. The number of ether oxygens (including phenoxy) is 1. The summed E-state index contributed by atoms with van der Waals surface area (Å²) in [6.45, 7) is -0.530. The second kappa shape index (κ2) is 7.60. The fourth-order valence-electron chi connectivity index (χ4n) is 1.93. The van der Waals surface area contributed by atoms with E-state index < -0.39 is 18.7 Å². The van der Waals surface area contributed by atoms with Gasteiger partial charge in [0.2, 0.25) is 0 Å². The van der Waals surface area contributed by atoms with E-state index in [1.807, 2.05) is 0 Å². The lowest BCUT2D eigenvalue weighted by molar-refractivity contribution is -0.139. The van der Waals surface area contributed by atoms with Crippen LogP contribution in [0.15, 0.2) is 30.3 Å². The normalized spacial score (nSPS) is 12.0. The maximum Gasteiger partial charge on any atom is 0.341 e. The third-order valence-electron chi connectivity index (χ3n) is 2.95. The maximum absolute atomic E-state index is 10.5. The largest absolute Gasteiger partial charge is 0.482 e. The number of benzene rings is 2. The zero-order chi connectivity index (χ0) is 17.1. The number of aliphatic carboxylic acids is 1. The van der Waals surface area contributed by atoms with Crippen LogP contribution in [-0.2, 0) is 4.79 Å². The molecule has 122 valence electrons. The molecule has 0 aliphatic carbocycles. The van der Waals surface area contributed by atoms with Gasteiger partial charge in [0.15, 0.2) is 6.61 Å². The number of hydrogen-bond acceptors (Lipinski definition) is 3. The maximum atomic E-state index is 10.5. The van der Waals surface area contributed by atoms with E-state index in [4.69, 9.17) is 56.2 Å². The molecule has 8 heteroatoms. The van der Waals surface area contributed by atoms with Gasteiger partial charge in [0.05, 0.1) is 10.0 Å². The molecule has 0 heterocycles. The first-order valence-electron chi connectivity index (χ1n) is 6.26. The van der Waals surface area contributed by atoms with Crippen LogP contribution in [0.3, 0.4) is 0 Å². The second-order valence-corrected chi connectivity index (χ2v) is 6.21. The molecule has 0 aliphatic rings. The van der Waals surface area contributed by atoms with Gasteiger partial charge in [-0.1, -0.05) is 52.5 Å². The number of carboxylic acid groups (broad SMARTS) is 1. The molecule has 1 atom stereocenters. The quantitative estimate of drug-likeness (QED) is 0.759. The number of hydrogen-bond donors (Lipinski definition) is 2. The summed E-state index contributed by atoms with van der Waals surface area (Å²) < 4.78 is 5.02. The van der Waals surface area contributed by atoms with Crippen molar-refractivity contribution in [1.29, 1.82) is 0 Å². The molecule has 0 radical (unpaired) electrons. The molecule has 0 aliphatic heterocycles. The fourth-order valence-corrected chi connectivity index (χ4v) is 3.12. The molecular formula is C15H10Cl4O4. The Morgan fingerprint density at radius 2 is 1.65 bits per heavy atom. The van der Waals surface area contributed by atoms with Gasteiger partial charge in [-0.3, -0.25) is 0 Å². The lowest BCUT2D eigenvalue weighted by Crippen LogP contribution is -2.10. The van der Waals surface area contributed by atoms with Crippen molar-refractivity contribution in [2.75, 3.05) is 6.61 Å². The summed E-state index contributed by atoms with van der Waals surface area (Å²) in [5.74, 6) is -0.949. The molecule has 0 spiro atoms. The monoisotopic (exact) mass is 394 g/mol. The summed E-state index contributed by atoms with van der Waals surface area (Å²) in [6, 6.07) is 7.39. The molecule has 0 fully saturated rings. The molecule has 2 N–H and O–H groups in total. The third-order valence-corrected chi connectivity index (χ3v) is 4.13. The molecule has 0 amide bonds. The molecule has 2 rings (SSSR count). The molecule has 23 heavy (non-hydrogen) atoms. The van der Waals surface area contributed by atoms with Gasteiger partial charge in [-0.05, 0) is 24.3 Å². The molecule has 2 aromatic rings. The summed E-state index contributed by atoms with van der Waals surface area (Å²) in [5, 5.41) is 20.0. The highest BCUT2D eigenvalue weighted by atomic mass is 35.5. The Labute approximate surface area is 152 Å². The Balaban J connectivity index is 2.37. The SMILES string of the molecule is O=C(O)COc1cc(Cl)c([C@@H](O)c2ccc(Cl)cc2Cl)c(Cl)c1. The molecular weight excluding hydrogens is 386 g/mol. The van der Waals surface area contributed by atoms with Gasteiger partial charge in [0, 0.05) is 21.2 Å². The van der Waals surface area contributed by atoms with Crippen LogP contribution in [0, 0.1) is 0 Å². The minimum absolute atomic E-state index is 0.122. The van der Waals surface area contributed by atoms with Crippen molar-refractivity contribution in [3.05, 3.63) is 61.5 Å². The minimum atomic E-state index is -1.17. The number of aliphatic hydroxyl groups excluding tert-OH is 1. The molecule has 4 nitrogen and oxygen atoms in total. The third kappa shape index (κ3) is 4.43. The first kappa shape index (κ1) is 18.2. The predicted octanol–water partition coefficient (Wildman–Crippen LogP) is 4.85. The molecule has 0 unspecified atom stereocenters. The van der Waals surface area contributed by atoms with E-state index in [1.165, 1.54) is 18.2 Å². The summed E-state index contributed by atoms with van der Waals surface area (Å²) in [4.78, 5) is 10.5. The van der Waals surface area contributed by atoms with Crippen molar-refractivity contribution in [2.24, 2.45) is 0 Å². The van der Waals surface area contributed by atoms with Crippen LogP contribution in [0.2, 0.25) is 20.1 Å². The highest BCUT2D eigenvalue weighted by molar-refractivity contribution is 6.37. The van der Waals surface area contributed by atoms with Crippen LogP contribution in [0.4, 0.5) is 0 Å². The van der Waals surface area contributed by atoms with Crippen LogP contribution < -0.4 is 4.74 Å². The van der Waals surface area contributed by atoms with Crippen molar-refractivity contribution in [3.63, 3.8) is 0 Å². The average Bonchev–Trinajstić information content (AvgIpc) is 2.44. The van der Waals surface area contributed by atoms with Gasteiger partial charge >= 0.3 is 5.97 Å². The van der Waals surface area contributed by atoms with Gasteiger partial charge < -0.3 is 14.9 Å². The minimum Gasteiger partial charge on any atom is -0.482 e. The van der Waals surface area contributed by atoms with E-state index in [1.54, 1.807) is 12.1 Å². The first-order chi connectivity index (χ1) is 10.8. The number of carbonyl (C=O) groups is 1. The molecule has 0 bridgehead atoms. The zero-order valence-electron chi connectivity index (χ0n) is 11.4. The Morgan fingerprint density at radius 3 is 2.17 bits per heavy atom. The average molecular weight is 396 g/mol. The zero-order valence-corrected chi connectivity index (χ0v) is 14.4. The van der Waals surface area contributed by atoms with E-state index in [0.717, 1.165) is 0 Å². The Kier molecular flexibility index (Phi) is 6.00. The van der Waals surface area contributed by atoms with Crippen LogP contribution in [0.25, 0.3) is 0 Å². The van der Waals surface area contributed by atoms with Gasteiger partial charge in [0.1, 0.15) is 11.9 Å². The van der Waals surface area contributed by atoms with Gasteiger partial charge in [-0.15, -0.1) is 0 Å². The second-order valence-electron chi connectivity index (χ2n) is 4.55. The first-order valence-corrected chi connectivity index (χ1v) is 7.77. The highest BCUT2D eigenvalue weighted by Gasteiger charge is 2.21. The Morgan fingerprint density at radius 1 is 1.04 bits per heavy atom. The number of carboxylic acids is 1. The van der Waals surface area contributed by atoms with Crippen molar-refractivity contribution in [3.8, 4) is 5.75 Å². The fraction of sp³-hybridized carbons (Fsp3) is 0.133. The van der Waals surface area contributed by atoms with Gasteiger partial charge in [0.25, 0.3) is 0 Å². The van der Waals surface area contributed by atoms with Crippen LogP contribution >= 0.6 is 46.4 Å². The lowest BCUT2D eigenvalue weighted by Gasteiger charge is -2.17. The molecule has 2 aromatic carbocycles. The van der Waals surface area contributed by atoms with E-state index in [9.17, 15) is 9.90 Å². The summed E-state index contributed by atoms with van der Waals surface area (Å²) in [6.07, 6.45) is -1.17. The van der Waals surface area contributed by atoms with Crippen LogP contribution in [0.1, 0.15) is 17.2 Å². The molecule has 0 aromatic heterocycles. The van der Waals surface area contributed by atoms with E-state index in [0.29, 0.717) is 10.6 Å². The van der Waals surface area contributed by atoms with Gasteiger partial charge in [-0.2, -0.15) is 0 Å². The Bertz CT molecular complexity index is 725. The van der Waals surface area contributed by atoms with Crippen molar-refractivity contribution in [1.82, 2.24) is 0 Å². The summed E-state index contributed by atoms with van der Waals surface area (Å²) in [7, 11) is 0. The Hall–Kier alpha value is -1.17. The molecule has 0 saturated heterocycles. The predicted molar refractivity (Wildman–Crippen MR) is 90.1 cm³/mol. The smallest absolute Gasteiger partial charge is 0.341 e. The lowest BCUT2D eigenvalue weighted by atomic mass is 10.0. The number of halogens is 4. The van der Waals surface area contributed by atoms with Gasteiger partial charge in [-0.25, -0.2) is 4.79 Å². The van der Waals surface area contributed by atoms with Crippen molar-refractivity contribution in [2.45, 2.75) is 6.10 Å². The van der Waals surface area contributed by atoms with Crippen molar-refractivity contribution < 1.29 is 19.7 Å². The number of rotatable bonds is 5. The topological polar surface area (TPSA) is 66.8 Å². The summed E-state index contributed by atoms with van der Waals surface area (Å²) in [5.41, 5.74) is 0.624. The van der Waals surface area contributed by atoms with E-state index in [2.05, 4.69) is 0 Å². The van der Waals surface area contributed by atoms with Crippen LogP contribution in [-0.4, -0.2) is 22.8 Å². The van der Waals surface area contributed by atoms with E-state index in [-0.39, 0.29) is 26.4 Å².